The SMILES string of the molecule is CC(N)Cc1cc(Br)c(OCC(=O)N2CCCC2)c(Br)c1. The van der Waals surface area contributed by atoms with Gasteiger partial charge in [0.25, 0.3) is 5.91 Å². The van der Waals surface area contributed by atoms with E-state index in [0.717, 1.165) is 46.9 Å². The molecule has 6 heteroatoms. The Balaban J connectivity index is 2.01. The fraction of sp³-hybridized carbons (Fsp3) is 0.533. The Morgan fingerprint density at radius 1 is 1.33 bits per heavy atom. The maximum atomic E-state index is 12.0. The van der Waals surface area contributed by atoms with Gasteiger partial charge in [0.1, 0.15) is 5.75 Å². The highest BCUT2D eigenvalue weighted by molar-refractivity contribution is 9.11. The third kappa shape index (κ3) is 4.69. The molecule has 1 aromatic rings. The lowest BCUT2D eigenvalue weighted by Gasteiger charge is -2.17. The smallest absolute Gasteiger partial charge is 0.260 e. The number of hydrogen-bond donors (Lipinski definition) is 1. The molecule has 1 aliphatic rings. The summed E-state index contributed by atoms with van der Waals surface area (Å²) >= 11 is 7.00. The van der Waals surface area contributed by atoms with Gasteiger partial charge in [-0.25, -0.2) is 0 Å². The van der Waals surface area contributed by atoms with Crippen LogP contribution in [0.4, 0.5) is 0 Å². The number of benzene rings is 1. The minimum Gasteiger partial charge on any atom is -0.481 e. The molecule has 116 valence electrons. The molecule has 0 spiro atoms. The van der Waals surface area contributed by atoms with E-state index < -0.39 is 0 Å². The molecule has 1 fully saturated rings. The lowest BCUT2D eigenvalue weighted by atomic mass is 10.1. The molecule has 2 N–H and O–H groups in total. The zero-order valence-electron chi connectivity index (χ0n) is 12.1. The fourth-order valence-corrected chi connectivity index (χ4v) is 3.94. The number of hydrogen-bond acceptors (Lipinski definition) is 3. The van der Waals surface area contributed by atoms with Crippen LogP contribution in [0.15, 0.2) is 21.1 Å². The van der Waals surface area contributed by atoms with E-state index in [1.807, 2.05) is 24.0 Å². The van der Waals surface area contributed by atoms with Crippen molar-refractivity contribution in [1.29, 1.82) is 0 Å². The average molecular weight is 420 g/mol. The molecule has 0 saturated carbocycles. The topological polar surface area (TPSA) is 55.6 Å². The van der Waals surface area contributed by atoms with Gasteiger partial charge in [0.15, 0.2) is 6.61 Å². The van der Waals surface area contributed by atoms with E-state index >= 15 is 0 Å². The summed E-state index contributed by atoms with van der Waals surface area (Å²) in [7, 11) is 0. The Morgan fingerprint density at radius 3 is 2.43 bits per heavy atom. The predicted octanol–water partition coefficient (Wildman–Crippen LogP) is 3.10. The summed E-state index contributed by atoms with van der Waals surface area (Å²) in [5.74, 6) is 0.710. The number of carbonyl (C=O) groups excluding carboxylic acids is 1. The number of likely N-dealkylation sites (tertiary alicyclic amines) is 1. The van der Waals surface area contributed by atoms with Crippen molar-refractivity contribution < 1.29 is 9.53 Å². The second-order valence-electron chi connectivity index (χ2n) is 5.45. The van der Waals surface area contributed by atoms with Gasteiger partial charge in [0, 0.05) is 19.1 Å². The number of halogens is 2. The maximum absolute atomic E-state index is 12.0. The first-order valence-electron chi connectivity index (χ1n) is 7.11. The molecule has 1 amide bonds. The molecular formula is C15H20Br2N2O2. The Kier molecular flexibility index (Phi) is 6.08. The quantitative estimate of drug-likeness (QED) is 0.797. The molecule has 1 unspecified atom stereocenters. The van der Waals surface area contributed by atoms with Gasteiger partial charge >= 0.3 is 0 Å². The molecular weight excluding hydrogens is 400 g/mol. The van der Waals surface area contributed by atoms with Gasteiger partial charge in [-0.05, 0) is 75.7 Å². The summed E-state index contributed by atoms with van der Waals surface area (Å²) < 4.78 is 7.36. The monoisotopic (exact) mass is 418 g/mol. The van der Waals surface area contributed by atoms with Gasteiger partial charge in [0.2, 0.25) is 0 Å². The van der Waals surface area contributed by atoms with Gasteiger partial charge in [-0.2, -0.15) is 0 Å². The fourth-order valence-electron chi connectivity index (χ4n) is 2.43. The van der Waals surface area contributed by atoms with Crippen LogP contribution in [-0.4, -0.2) is 36.5 Å². The number of nitrogens with two attached hydrogens (primary N) is 1. The molecule has 1 atom stereocenters. The van der Waals surface area contributed by atoms with E-state index in [0.29, 0.717) is 5.75 Å². The third-order valence-corrected chi connectivity index (χ3v) is 4.59. The minimum absolute atomic E-state index is 0.0472. The number of rotatable bonds is 5. The van der Waals surface area contributed by atoms with Crippen LogP contribution >= 0.6 is 31.9 Å². The Labute approximate surface area is 142 Å². The van der Waals surface area contributed by atoms with Crippen LogP contribution in [0, 0.1) is 0 Å². The molecule has 0 radical (unpaired) electrons. The summed E-state index contributed by atoms with van der Waals surface area (Å²) in [5.41, 5.74) is 6.95. The number of nitrogens with zero attached hydrogens (tertiary/aromatic N) is 1. The van der Waals surface area contributed by atoms with Crippen molar-refractivity contribution in [2.75, 3.05) is 19.7 Å². The summed E-state index contributed by atoms with van der Waals surface area (Å²) in [6.07, 6.45) is 2.97. The third-order valence-electron chi connectivity index (χ3n) is 3.41. The molecule has 1 saturated heterocycles. The molecule has 1 aromatic carbocycles. The van der Waals surface area contributed by atoms with Crippen molar-refractivity contribution >= 4 is 37.8 Å². The van der Waals surface area contributed by atoms with Crippen LogP contribution in [0.5, 0.6) is 5.75 Å². The van der Waals surface area contributed by atoms with Crippen LogP contribution in [0.3, 0.4) is 0 Å². The van der Waals surface area contributed by atoms with Crippen LogP contribution in [0.1, 0.15) is 25.3 Å². The van der Waals surface area contributed by atoms with Gasteiger partial charge in [0.05, 0.1) is 8.95 Å². The van der Waals surface area contributed by atoms with Crippen molar-refractivity contribution in [1.82, 2.24) is 4.90 Å². The second-order valence-corrected chi connectivity index (χ2v) is 7.16. The van der Waals surface area contributed by atoms with Crippen LogP contribution in [-0.2, 0) is 11.2 Å². The Morgan fingerprint density at radius 2 is 1.90 bits per heavy atom. The van der Waals surface area contributed by atoms with E-state index in [9.17, 15) is 4.79 Å². The van der Waals surface area contributed by atoms with Crippen molar-refractivity contribution in [3.05, 3.63) is 26.6 Å². The van der Waals surface area contributed by atoms with Crippen molar-refractivity contribution in [2.24, 2.45) is 5.73 Å². The summed E-state index contributed by atoms with van der Waals surface area (Å²) in [6.45, 7) is 3.74. The zero-order chi connectivity index (χ0) is 15.4. The molecule has 0 aromatic heterocycles. The second kappa shape index (κ2) is 7.61. The molecule has 1 heterocycles. The van der Waals surface area contributed by atoms with E-state index in [2.05, 4.69) is 31.9 Å². The summed E-state index contributed by atoms with van der Waals surface area (Å²) in [6, 6.07) is 4.08. The Hall–Kier alpha value is -0.590. The highest BCUT2D eigenvalue weighted by Crippen LogP contribution is 2.35. The number of carbonyl (C=O) groups is 1. The minimum atomic E-state index is 0.0472. The van der Waals surface area contributed by atoms with Gasteiger partial charge < -0.3 is 15.4 Å². The molecule has 4 nitrogen and oxygen atoms in total. The van der Waals surface area contributed by atoms with Crippen molar-refractivity contribution in [2.45, 2.75) is 32.2 Å². The van der Waals surface area contributed by atoms with Crippen molar-refractivity contribution in [3.8, 4) is 5.75 Å². The van der Waals surface area contributed by atoms with E-state index in [1.54, 1.807) is 0 Å². The molecule has 1 aliphatic heterocycles. The first-order chi connectivity index (χ1) is 9.97. The Bertz CT molecular complexity index is 491. The first-order valence-corrected chi connectivity index (χ1v) is 8.70. The molecule has 2 rings (SSSR count). The largest absolute Gasteiger partial charge is 0.481 e. The standard InChI is InChI=1S/C15H20Br2N2O2/c1-10(18)6-11-7-12(16)15(13(17)8-11)21-9-14(20)19-4-2-3-5-19/h7-8,10H,2-6,9,18H2,1H3. The first kappa shape index (κ1) is 16.8. The molecule has 21 heavy (non-hydrogen) atoms. The maximum Gasteiger partial charge on any atom is 0.260 e. The average Bonchev–Trinajstić information content (AvgIpc) is 2.90. The van der Waals surface area contributed by atoms with Crippen LogP contribution in [0.2, 0.25) is 0 Å². The van der Waals surface area contributed by atoms with E-state index in [4.69, 9.17) is 10.5 Å². The number of ether oxygens (including phenoxy) is 1. The number of amides is 1. The summed E-state index contributed by atoms with van der Waals surface area (Å²) in [5, 5.41) is 0. The van der Waals surface area contributed by atoms with E-state index in [1.165, 1.54) is 0 Å². The predicted molar refractivity (Wildman–Crippen MR) is 90.5 cm³/mol. The molecule has 0 aliphatic carbocycles. The van der Waals surface area contributed by atoms with Crippen molar-refractivity contribution in [3.63, 3.8) is 0 Å². The highest BCUT2D eigenvalue weighted by Gasteiger charge is 2.19. The van der Waals surface area contributed by atoms with Gasteiger partial charge in [-0.15, -0.1) is 0 Å². The van der Waals surface area contributed by atoms with Gasteiger partial charge in [-0.1, -0.05) is 0 Å². The lowest BCUT2D eigenvalue weighted by molar-refractivity contribution is -0.132. The molecule has 0 bridgehead atoms. The van der Waals surface area contributed by atoms with Gasteiger partial charge in [-0.3, -0.25) is 4.79 Å². The van der Waals surface area contributed by atoms with Crippen LogP contribution in [0.25, 0.3) is 0 Å². The van der Waals surface area contributed by atoms with Crippen LogP contribution < -0.4 is 10.5 Å². The summed E-state index contributed by atoms with van der Waals surface area (Å²) in [4.78, 5) is 13.9. The highest BCUT2D eigenvalue weighted by atomic mass is 79.9. The lowest BCUT2D eigenvalue weighted by Crippen LogP contribution is -2.32. The zero-order valence-corrected chi connectivity index (χ0v) is 15.2. The van der Waals surface area contributed by atoms with E-state index in [-0.39, 0.29) is 18.6 Å². The normalized spacial score (nSPS) is 16.1.